The number of piperazine rings is 1. The highest BCUT2D eigenvalue weighted by Gasteiger charge is 2.32. The molecular weight excluding hydrogens is 349 g/mol. The minimum absolute atomic E-state index is 0.0101. The van der Waals surface area contributed by atoms with E-state index in [1.807, 2.05) is 7.05 Å². The van der Waals surface area contributed by atoms with Gasteiger partial charge in [0.05, 0.1) is 17.2 Å². The fourth-order valence-electron chi connectivity index (χ4n) is 2.72. The Bertz CT molecular complexity index is 776. The summed E-state index contributed by atoms with van der Waals surface area (Å²) < 4.78 is 49.9. The summed E-state index contributed by atoms with van der Waals surface area (Å²) in [6.45, 7) is 5.99. The third-order valence-electron chi connectivity index (χ3n) is 4.14. The normalized spacial score (nSPS) is 18.7. The first-order valence-electron chi connectivity index (χ1n) is 8.10. The molecule has 1 saturated heterocycles. The Balaban J connectivity index is 1.97. The number of aromatic nitrogens is 2. The summed E-state index contributed by atoms with van der Waals surface area (Å²) in [4.78, 5) is 6.38. The van der Waals surface area contributed by atoms with Crippen LogP contribution in [0.4, 0.5) is 13.2 Å². The molecule has 1 fully saturated rings. The molecule has 1 aromatic carbocycles. The molecule has 1 unspecified atom stereocenters. The van der Waals surface area contributed by atoms with E-state index >= 15 is 0 Å². The minimum atomic E-state index is -4.48. The molecule has 0 amide bonds. The molecular formula is C17H19F3N4O2. The third-order valence-corrected chi connectivity index (χ3v) is 4.14. The van der Waals surface area contributed by atoms with Gasteiger partial charge < -0.3 is 14.6 Å². The van der Waals surface area contributed by atoms with Crippen molar-refractivity contribution in [3.8, 4) is 17.2 Å². The summed E-state index contributed by atoms with van der Waals surface area (Å²) >= 11 is 0. The summed E-state index contributed by atoms with van der Waals surface area (Å²) in [6, 6.07) is 3.06. The number of hydrogen-bond acceptors (Lipinski definition) is 6. The van der Waals surface area contributed by atoms with Crippen molar-refractivity contribution in [2.45, 2.75) is 12.2 Å². The van der Waals surface area contributed by atoms with E-state index in [4.69, 9.17) is 9.26 Å². The molecule has 3 rings (SSSR count). The van der Waals surface area contributed by atoms with Gasteiger partial charge in [0.1, 0.15) is 12.4 Å². The Morgan fingerprint density at radius 1 is 1.46 bits per heavy atom. The Morgan fingerprint density at radius 2 is 2.27 bits per heavy atom. The molecule has 0 spiro atoms. The molecule has 1 aliphatic rings. The maximum absolute atomic E-state index is 13.1. The molecule has 2 aromatic rings. The zero-order valence-corrected chi connectivity index (χ0v) is 14.2. The van der Waals surface area contributed by atoms with Crippen molar-refractivity contribution in [1.82, 2.24) is 20.4 Å². The van der Waals surface area contributed by atoms with E-state index in [1.54, 1.807) is 0 Å². The Labute approximate surface area is 148 Å². The number of nitrogens with one attached hydrogen (secondary N) is 1. The lowest BCUT2D eigenvalue weighted by Crippen LogP contribution is -2.44. The van der Waals surface area contributed by atoms with E-state index in [0.29, 0.717) is 12.4 Å². The van der Waals surface area contributed by atoms with E-state index < -0.39 is 11.7 Å². The molecule has 1 aliphatic heterocycles. The molecule has 6 nitrogen and oxygen atoms in total. The lowest BCUT2D eigenvalue weighted by Gasteiger charge is -2.30. The molecule has 1 N–H and O–H groups in total. The van der Waals surface area contributed by atoms with E-state index in [1.165, 1.54) is 12.1 Å². The zero-order chi connectivity index (χ0) is 18.7. The van der Waals surface area contributed by atoms with Crippen LogP contribution in [0.25, 0.3) is 11.5 Å². The topological polar surface area (TPSA) is 63.4 Å². The van der Waals surface area contributed by atoms with Crippen LogP contribution in [0.3, 0.4) is 0 Å². The second-order valence-electron chi connectivity index (χ2n) is 5.97. The smallest absolute Gasteiger partial charge is 0.416 e. The standard InChI is InChI=1S/C17H19F3N4O2/c1-3-8-25-14-5-4-11(17(18,19)20)9-12(14)16-22-15(23-26-16)13-10-21-6-7-24(13)2/h3-5,9,13,21H,1,6-8,10H2,2H3. The number of nitrogens with zero attached hydrogens (tertiary/aromatic N) is 3. The number of halogens is 3. The first kappa shape index (κ1) is 18.4. The van der Waals surface area contributed by atoms with Gasteiger partial charge >= 0.3 is 6.18 Å². The van der Waals surface area contributed by atoms with Gasteiger partial charge in [0.2, 0.25) is 0 Å². The van der Waals surface area contributed by atoms with Crippen LogP contribution in [0.5, 0.6) is 5.75 Å². The minimum Gasteiger partial charge on any atom is -0.489 e. The summed E-state index contributed by atoms with van der Waals surface area (Å²) in [5.74, 6) is 0.633. The van der Waals surface area contributed by atoms with Gasteiger partial charge in [0.15, 0.2) is 5.82 Å². The largest absolute Gasteiger partial charge is 0.489 e. The predicted octanol–water partition coefficient (Wildman–Crippen LogP) is 2.90. The first-order valence-corrected chi connectivity index (χ1v) is 8.10. The number of hydrogen-bond donors (Lipinski definition) is 1. The van der Waals surface area contributed by atoms with E-state index in [-0.39, 0.29) is 29.9 Å². The number of likely N-dealkylation sites (N-methyl/N-ethyl adjacent to an activating group) is 1. The van der Waals surface area contributed by atoms with Gasteiger partial charge in [0.25, 0.3) is 5.89 Å². The molecule has 9 heteroatoms. The lowest BCUT2D eigenvalue weighted by molar-refractivity contribution is -0.137. The number of alkyl halides is 3. The van der Waals surface area contributed by atoms with Gasteiger partial charge in [-0.25, -0.2) is 0 Å². The lowest BCUT2D eigenvalue weighted by atomic mass is 10.1. The SMILES string of the molecule is C=CCOc1ccc(C(F)(F)F)cc1-c1nc(C2CNCCN2C)no1. The molecule has 1 atom stereocenters. The van der Waals surface area contributed by atoms with Crippen molar-refractivity contribution >= 4 is 0 Å². The average molecular weight is 368 g/mol. The summed E-state index contributed by atoms with van der Waals surface area (Å²) in [6.07, 6.45) is -2.98. The van der Waals surface area contributed by atoms with Gasteiger partial charge in [-0.15, -0.1) is 0 Å². The van der Waals surface area contributed by atoms with Crippen molar-refractivity contribution in [3.05, 3.63) is 42.2 Å². The van der Waals surface area contributed by atoms with Crippen molar-refractivity contribution in [3.63, 3.8) is 0 Å². The van der Waals surface area contributed by atoms with Gasteiger partial charge in [-0.05, 0) is 25.2 Å². The maximum Gasteiger partial charge on any atom is 0.416 e. The van der Waals surface area contributed by atoms with Crippen LogP contribution >= 0.6 is 0 Å². The van der Waals surface area contributed by atoms with Crippen LogP contribution in [-0.2, 0) is 6.18 Å². The Kier molecular flexibility index (Phi) is 5.28. The highest BCUT2D eigenvalue weighted by atomic mass is 19.4. The third kappa shape index (κ3) is 3.88. The summed E-state index contributed by atoms with van der Waals surface area (Å²) in [7, 11) is 1.93. The van der Waals surface area contributed by atoms with E-state index in [0.717, 1.165) is 25.2 Å². The van der Waals surface area contributed by atoms with Gasteiger partial charge in [-0.3, -0.25) is 4.90 Å². The molecule has 1 aromatic heterocycles. The highest BCUT2D eigenvalue weighted by molar-refractivity contribution is 5.64. The van der Waals surface area contributed by atoms with E-state index in [9.17, 15) is 13.2 Å². The molecule has 0 bridgehead atoms. The molecule has 2 heterocycles. The number of rotatable bonds is 5. The monoisotopic (exact) mass is 368 g/mol. The second-order valence-corrected chi connectivity index (χ2v) is 5.97. The maximum atomic E-state index is 13.1. The fourth-order valence-corrected chi connectivity index (χ4v) is 2.72. The van der Waals surface area contributed by atoms with Crippen LogP contribution in [-0.4, -0.2) is 48.3 Å². The highest BCUT2D eigenvalue weighted by Crippen LogP contribution is 2.37. The van der Waals surface area contributed by atoms with Gasteiger partial charge in [0, 0.05) is 19.6 Å². The van der Waals surface area contributed by atoms with Crippen molar-refractivity contribution in [2.75, 3.05) is 33.3 Å². The number of benzene rings is 1. The van der Waals surface area contributed by atoms with Crippen LogP contribution < -0.4 is 10.1 Å². The molecule has 26 heavy (non-hydrogen) atoms. The fraction of sp³-hybridized carbons (Fsp3) is 0.412. The van der Waals surface area contributed by atoms with Crippen molar-refractivity contribution in [1.29, 1.82) is 0 Å². The summed E-state index contributed by atoms with van der Waals surface area (Å²) in [5.41, 5.74) is -0.707. The molecule has 140 valence electrons. The Hall–Kier alpha value is -2.39. The molecule has 0 aliphatic carbocycles. The van der Waals surface area contributed by atoms with Crippen LogP contribution in [0.15, 0.2) is 35.4 Å². The molecule has 0 radical (unpaired) electrons. The predicted molar refractivity (Wildman–Crippen MR) is 88.7 cm³/mol. The van der Waals surface area contributed by atoms with Crippen molar-refractivity contribution in [2.24, 2.45) is 0 Å². The van der Waals surface area contributed by atoms with Crippen LogP contribution in [0.1, 0.15) is 17.4 Å². The average Bonchev–Trinajstić information content (AvgIpc) is 3.09. The molecule has 0 saturated carbocycles. The second kappa shape index (κ2) is 7.46. The quantitative estimate of drug-likeness (QED) is 0.819. The van der Waals surface area contributed by atoms with E-state index in [2.05, 4.69) is 26.9 Å². The zero-order valence-electron chi connectivity index (χ0n) is 14.2. The van der Waals surface area contributed by atoms with Crippen LogP contribution in [0.2, 0.25) is 0 Å². The number of ether oxygens (including phenoxy) is 1. The van der Waals surface area contributed by atoms with Crippen molar-refractivity contribution < 1.29 is 22.4 Å². The van der Waals surface area contributed by atoms with Gasteiger partial charge in [-0.1, -0.05) is 17.8 Å². The van der Waals surface area contributed by atoms with Gasteiger partial charge in [-0.2, -0.15) is 18.2 Å². The Morgan fingerprint density at radius 3 is 2.96 bits per heavy atom. The van der Waals surface area contributed by atoms with Crippen LogP contribution in [0, 0.1) is 0 Å². The first-order chi connectivity index (χ1) is 12.4. The summed E-state index contributed by atoms with van der Waals surface area (Å²) in [5, 5.41) is 7.19.